The molecule has 33 heavy (non-hydrogen) atoms. The topological polar surface area (TPSA) is 162 Å². The van der Waals surface area contributed by atoms with Crippen LogP contribution in [0.15, 0.2) is 9.79 Å². The van der Waals surface area contributed by atoms with Crippen molar-refractivity contribution in [1.29, 1.82) is 0 Å². The third-order valence-electron chi connectivity index (χ3n) is 4.94. The zero-order valence-corrected chi connectivity index (χ0v) is 20.4. The van der Waals surface area contributed by atoms with E-state index >= 15 is 0 Å². The van der Waals surface area contributed by atoms with Gasteiger partial charge in [-0.1, -0.05) is 11.3 Å². The van der Waals surface area contributed by atoms with Gasteiger partial charge in [0.15, 0.2) is 5.13 Å². The Morgan fingerprint density at radius 2 is 2.00 bits per heavy atom. The van der Waals surface area contributed by atoms with E-state index < -0.39 is 6.23 Å². The first-order chi connectivity index (χ1) is 15.6. The number of nitrogens with zero attached hydrogens (tertiary/aromatic N) is 5. The lowest BCUT2D eigenvalue weighted by Gasteiger charge is -2.21. The number of nitrogens with one attached hydrogen (secondary N) is 2. The highest BCUT2D eigenvalue weighted by atomic mass is 32.1. The molecule has 0 aromatic carbocycles. The number of carbonyl (C=O) groups excluding carboxylic acids is 1. The van der Waals surface area contributed by atoms with Crippen LogP contribution in [-0.2, 0) is 6.42 Å². The van der Waals surface area contributed by atoms with Gasteiger partial charge in [-0.15, -0.1) is 0 Å². The molecule has 0 aliphatic carbocycles. The minimum atomic E-state index is -1.03. The molecular formula is C20H24N8O3S2. The number of H-pyrrole nitrogens is 1. The van der Waals surface area contributed by atoms with Gasteiger partial charge < -0.3 is 16.2 Å². The van der Waals surface area contributed by atoms with Crippen molar-refractivity contribution >= 4 is 50.4 Å². The maximum absolute atomic E-state index is 13.4. The summed E-state index contributed by atoms with van der Waals surface area (Å²) in [4.78, 5) is 44.8. The van der Waals surface area contributed by atoms with Gasteiger partial charge in [0.2, 0.25) is 0 Å². The molecule has 3 aromatic rings. The van der Waals surface area contributed by atoms with Gasteiger partial charge in [-0.2, -0.15) is 0 Å². The highest BCUT2D eigenvalue weighted by Crippen LogP contribution is 2.36. The maximum atomic E-state index is 13.4. The fourth-order valence-corrected chi connectivity index (χ4v) is 5.42. The zero-order chi connectivity index (χ0) is 24.0. The van der Waals surface area contributed by atoms with Crippen molar-refractivity contribution in [2.24, 2.45) is 10.7 Å². The number of aryl methyl sites for hydroxylation is 3. The minimum absolute atomic E-state index is 0.0746. The maximum Gasteiger partial charge on any atom is 0.272 e. The predicted octanol–water partition coefficient (Wildman–Crippen LogP) is 1.99. The number of rotatable bonds is 5. The van der Waals surface area contributed by atoms with Crippen molar-refractivity contribution in [2.75, 3.05) is 10.2 Å². The van der Waals surface area contributed by atoms with Gasteiger partial charge in [0.1, 0.15) is 33.3 Å². The monoisotopic (exact) mass is 488 g/mol. The summed E-state index contributed by atoms with van der Waals surface area (Å²) in [6.07, 6.45) is -0.794. The van der Waals surface area contributed by atoms with E-state index in [0.29, 0.717) is 43.6 Å². The number of carbonyl (C=O) groups is 1. The van der Waals surface area contributed by atoms with Crippen LogP contribution in [0.4, 0.5) is 15.8 Å². The smallest absolute Gasteiger partial charge is 0.272 e. The normalized spacial score (nSPS) is 15.9. The lowest BCUT2D eigenvalue weighted by molar-refractivity contribution is 0.0906. The van der Waals surface area contributed by atoms with Crippen LogP contribution < -0.4 is 21.5 Å². The number of aliphatic hydroxyl groups is 1. The molecule has 1 amide bonds. The van der Waals surface area contributed by atoms with E-state index in [9.17, 15) is 14.7 Å². The number of aromatic nitrogens is 4. The summed E-state index contributed by atoms with van der Waals surface area (Å²) in [5.41, 5.74) is 8.21. The van der Waals surface area contributed by atoms with Crippen LogP contribution in [0, 0.1) is 20.8 Å². The van der Waals surface area contributed by atoms with Crippen LogP contribution in [0.1, 0.15) is 52.0 Å². The van der Waals surface area contributed by atoms with E-state index in [4.69, 9.17) is 5.73 Å². The number of aliphatic imine (C=N–C) groups is 1. The van der Waals surface area contributed by atoms with Crippen LogP contribution in [0.3, 0.4) is 0 Å². The van der Waals surface area contributed by atoms with Gasteiger partial charge in [0.25, 0.3) is 11.5 Å². The molecule has 5 N–H and O–H groups in total. The summed E-state index contributed by atoms with van der Waals surface area (Å²) in [5.74, 6) is 0.333. The highest BCUT2D eigenvalue weighted by molar-refractivity contribution is 7.18. The Hall–Kier alpha value is -3.16. The molecule has 3 aromatic heterocycles. The van der Waals surface area contributed by atoms with E-state index in [1.807, 2.05) is 13.8 Å². The molecule has 0 spiro atoms. The first-order valence-electron chi connectivity index (χ1n) is 10.2. The number of amidine groups is 1. The van der Waals surface area contributed by atoms with Crippen LogP contribution in [0.25, 0.3) is 0 Å². The van der Waals surface area contributed by atoms with Gasteiger partial charge in [0.05, 0.1) is 22.8 Å². The molecule has 0 fully saturated rings. The number of aromatic amines is 1. The Labute approximate surface area is 197 Å². The molecule has 1 aliphatic rings. The third-order valence-corrected chi connectivity index (χ3v) is 6.80. The Morgan fingerprint density at radius 1 is 1.27 bits per heavy atom. The summed E-state index contributed by atoms with van der Waals surface area (Å²) in [6, 6.07) is -0.0746. The molecule has 1 atom stereocenters. The average Bonchev–Trinajstić information content (AvgIpc) is 3.35. The second-order valence-electron chi connectivity index (χ2n) is 7.92. The van der Waals surface area contributed by atoms with Crippen molar-refractivity contribution in [2.45, 2.75) is 53.3 Å². The molecule has 4 heterocycles. The summed E-state index contributed by atoms with van der Waals surface area (Å²) >= 11 is 2.20. The van der Waals surface area contributed by atoms with Crippen molar-refractivity contribution < 1.29 is 9.90 Å². The number of fused-ring (bicyclic) bond motifs is 1. The Balaban J connectivity index is 1.65. The van der Waals surface area contributed by atoms with Crippen molar-refractivity contribution in [3.05, 3.63) is 43.7 Å². The van der Waals surface area contributed by atoms with Crippen LogP contribution in [0.2, 0.25) is 0 Å². The van der Waals surface area contributed by atoms with Gasteiger partial charge in [-0.3, -0.25) is 23.9 Å². The predicted molar refractivity (Wildman–Crippen MR) is 129 cm³/mol. The fourth-order valence-electron chi connectivity index (χ4n) is 3.70. The molecule has 4 rings (SSSR count). The number of hydrogen-bond donors (Lipinski definition) is 4. The van der Waals surface area contributed by atoms with Crippen molar-refractivity contribution in [3.8, 4) is 0 Å². The standard InChI is InChI=1S/C20H24N8O3S2/c1-7(2)22-16(21)13-17(30)27-33-18(13)26-20-24-9(4)15(32-20)19(31)28-12(29)6-11-14(28)8(3)23-10(5)25-11/h7,12,29H,6H2,1-5H3,(H2,21,22)(H,24,26)(H,27,30). The Kier molecular flexibility index (Phi) is 6.03. The van der Waals surface area contributed by atoms with Crippen LogP contribution in [0.5, 0.6) is 0 Å². The molecular weight excluding hydrogens is 464 g/mol. The zero-order valence-electron chi connectivity index (χ0n) is 18.8. The highest BCUT2D eigenvalue weighted by Gasteiger charge is 2.37. The lowest BCUT2D eigenvalue weighted by Crippen LogP contribution is -2.37. The first kappa shape index (κ1) is 23.0. The molecule has 0 bridgehead atoms. The largest absolute Gasteiger partial charge is 0.383 e. The van der Waals surface area contributed by atoms with Crippen molar-refractivity contribution in [3.63, 3.8) is 0 Å². The molecule has 11 nitrogen and oxygen atoms in total. The number of anilines is 3. The molecule has 0 radical (unpaired) electrons. The summed E-state index contributed by atoms with van der Waals surface area (Å²) in [7, 11) is 0. The molecule has 0 saturated carbocycles. The van der Waals surface area contributed by atoms with E-state index in [-0.39, 0.29) is 35.3 Å². The average molecular weight is 489 g/mol. The Bertz CT molecular complexity index is 1320. The third kappa shape index (κ3) is 4.26. The van der Waals surface area contributed by atoms with Crippen LogP contribution >= 0.6 is 22.9 Å². The van der Waals surface area contributed by atoms with Gasteiger partial charge in [-0.25, -0.2) is 15.0 Å². The van der Waals surface area contributed by atoms with Gasteiger partial charge in [0, 0.05) is 12.5 Å². The van der Waals surface area contributed by atoms with Gasteiger partial charge >= 0.3 is 0 Å². The lowest BCUT2D eigenvalue weighted by atomic mass is 10.2. The van der Waals surface area contributed by atoms with E-state index in [1.165, 1.54) is 4.90 Å². The van der Waals surface area contributed by atoms with E-state index in [0.717, 1.165) is 22.9 Å². The number of nitrogens with two attached hydrogens (primary N) is 1. The molecule has 1 unspecified atom stereocenters. The molecule has 174 valence electrons. The first-order valence-corrected chi connectivity index (χ1v) is 11.8. The number of hydrogen-bond acceptors (Lipinski definition) is 10. The van der Waals surface area contributed by atoms with Crippen molar-refractivity contribution in [1.82, 2.24) is 19.3 Å². The SMILES string of the molecule is Cc1nc(C)c2c(n1)CC(O)N2C(=O)c1sc(Nc2s[nH]c(=O)c2C(N)=NC(C)C)nc1C. The second-order valence-corrected chi connectivity index (χ2v) is 9.73. The number of aliphatic hydroxyl groups excluding tert-OH is 1. The molecule has 1 aliphatic heterocycles. The summed E-state index contributed by atoms with van der Waals surface area (Å²) in [5, 5.41) is 14.6. The molecule has 0 saturated heterocycles. The molecule has 13 heteroatoms. The number of thiazole rings is 1. The number of amides is 1. The summed E-state index contributed by atoms with van der Waals surface area (Å²) < 4.78 is 2.65. The quantitative estimate of drug-likeness (QED) is 0.313. The van der Waals surface area contributed by atoms with E-state index in [1.54, 1.807) is 20.8 Å². The van der Waals surface area contributed by atoms with Gasteiger partial charge in [-0.05, 0) is 46.2 Å². The Morgan fingerprint density at radius 3 is 2.70 bits per heavy atom. The van der Waals surface area contributed by atoms with E-state index in [2.05, 4.69) is 29.6 Å². The summed E-state index contributed by atoms with van der Waals surface area (Å²) in [6.45, 7) is 9.00. The minimum Gasteiger partial charge on any atom is -0.383 e. The second kappa shape index (κ2) is 8.65. The van der Waals surface area contributed by atoms with Crippen LogP contribution in [-0.4, -0.2) is 48.4 Å². The fraction of sp³-hybridized carbons (Fsp3) is 0.400.